The van der Waals surface area contributed by atoms with E-state index in [4.69, 9.17) is 0 Å². The highest BCUT2D eigenvalue weighted by Crippen LogP contribution is 2.15. The van der Waals surface area contributed by atoms with Gasteiger partial charge in [0.05, 0.1) is 11.8 Å². The van der Waals surface area contributed by atoms with Gasteiger partial charge in [0.25, 0.3) is 0 Å². The van der Waals surface area contributed by atoms with Crippen LogP contribution in [0.2, 0.25) is 0 Å². The van der Waals surface area contributed by atoms with Crippen molar-refractivity contribution in [2.75, 3.05) is 31.5 Å². The highest BCUT2D eigenvalue weighted by Gasteiger charge is 2.15. The Morgan fingerprint density at radius 3 is 2.78 bits per heavy atom. The van der Waals surface area contributed by atoms with Crippen molar-refractivity contribution in [3.05, 3.63) is 29.6 Å². The van der Waals surface area contributed by atoms with Gasteiger partial charge >= 0.3 is 0 Å². The molecule has 1 aromatic rings. The molecule has 0 amide bonds. The highest BCUT2D eigenvalue weighted by molar-refractivity contribution is 5.46. The van der Waals surface area contributed by atoms with E-state index in [9.17, 15) is 9.50 Å². The number of nitrogens with one attached hydrogen (secondary N) is 1. The van der Waals surface area contributed by atoms with Gasteiger partial charge in [-0.1, -0.05) is 6.07 Å². The van der Waals surface area contributed by atoms with Crippen LogP contribution >= 0.6 is 0 Å². The second kappa shape index (κ2) is 6.16. The van der Waals surface area contributed by atoms with E-state index in [2.05, 4.69) is 10.2 Å². The molecule has 4 heteroatoms. The number of benzene rings is 1. The van der Waals surface area contributed by atoms with Crippen LogP contribution in [0.25, 0.3) is 0 Å². The maximum atomic E-state index is 13.6. The summed E-state index contributed by atoms with van der Waals surface area (Å²) >= 11 is 0. The Balaban J connectivity index is 1.79. The molecule has 1 aromatic carbocycles. The first-order valence-electron chi connectivity index (χ1n) is 6.55. The van der Waals surface area contributed by atoms with Crippen LogP contribution in [-0.4, -0.2) is 42.3 Å². The predicted molar refractivity (Wildman–Crippen MR) is 71.3 cm³/mol. The number of nitrogens with zero attached hydrogens (tertiary/aromatic N) is 1. The molecule has 0 saturated carbocycles. The topological polar surface area (TPSA) is 35.5 Å². The number of aryl methyl sites for hydroxylation is 1. The second-order valence-electron chi connectivity index (χ2n) is 5.03. The minimum atomic E-state index is -0.455. The van der Waals surface area contributed by atoms with E-state index in [0.29, 0.717) is 18.8 Å². The molecule has 1 fully saturated rings. The summed E-state index contributed by atoms with van der Waals surface area (Å²) in [5.74, 6) is -0.261. The maximum absolute atomic E-state index is 13.6. The van der Waals surface area contributed by atoms with Crippen LogP contribution in [-0.2, 0) is 0 Å². The van der Waals surface area contributed by atoms with Crippen molar-refractivity contribution >= 4 is 5.69 Å². The van der Waals surface area contributed by atoms with Crippen LogP contribution in [0.15, 0.2) is 18.2 Å². The Kier molecular flexibility index (Phi) is 4.55. The fourth-order valence-corrected chi connectivity index (χ4v) is 2.32. The van der Waals surface area contributed by atoms with E-state index in [1.165, 1.54) is 18.9 Å². The summed E-state index contributed by atoms with van der Waals surface area (Å²) in [6, 6.07) is 5.07. The van der Waals surface area contributed by atoms with E-state index in [-0.39, 0.29) is 5.82 Å². The third-order valence-corrected chi connectivity index (χ3v) is 3.32. The molecule has 1 aliphatic heterocycles. The molecule has 0 aliphatic carbocycles. The fourth-order valence-electron chi connectivity index (χ4n) is 2.32. The molecule has 2 rings (SSSR count). The molecule has 100 valence electrons. The number of aliphatic hydroxyl groups is 1. The van der Waals surface area contributed by atoms with Crippen LogP contribution in [0.5, 0.6) is 0 Å². The van der Waals surface area contributed by atoms with Crippen LogP contribution in [0.4, 0.5) is 10.1 Å². The molecule has 0 spiro atoms. The Hall–Kier alpha value is -1.13. The van der Waals surface area contributed by atoms with Gasteiger partial charge in [0, 0.05) is 13.1 Å². The number of aliphatic hydroxyl groups excluding tert-OH is 1. The fraction of sp³-hybridized carbons (Fsp3) is 0.571. The summed E-state index contributed by atoms with van der Waals surface area (Å²) < 4.78 is 13.6. The van der Waals surface area contributed by atoms with E-state index < -0.39 is 6.10 Å². The van der Waals surface area contributed by atoms with Gasteiger partial charge in [-0.25, -0.2) is 4.39 Å². The predicted octanol–water partition coefficient (Wildman–Crippen LogP) is 2.00. The molecule has 0 radical (unpaired) electrons. The van der Waals surface area contributed by atoms with Crippen molar-refractivity contribution in [2.45, 2.75) is 25.9 Å². The number of anilines is 1. The van der Waals surface area contributed by atoms with Gasteiger partial charge in [-0.2, -0.15) is 0 Å². The molecule has 2 N–H and O–H groups in total. The van der Waals surface area contributed by atoms with Crippen molar-refractivity contribution in [3.63, 3.8) is 0 Å². The first-order chi connectivity index (χ1) is 8.65. The average molecular weight is 252 g/mol. The first-order valence-corrected chi connectivity index (χ1v) is 6.55. The molecular formula is C14H21FN2O. The van der Waals surface area contributed by atoms with Gasteiger partial charge in [0.1, 0.15) is 5.82 Å². The lowest BCUT2D eigenvalue weighted by Crippen LogP contribution is -2.34. The largest absolute Gasteiger partial charge is 0.390 e. The van der Waals surface area contributed by atoms with E-state index >= 15 is 0 Å². The van der Waals surface area contributed by atoms with Crippen LogP contribution in [0, 0.1) is 12.7 Å². The van der Waals surface area contributed by atoms with Crippen LogP contribution in [0.1, 0.15) is 18.4 Å². The van der Waals surface area contributed by atoms with Crippen LogP contribution in [0.3, 0.4) is 0 Å². The zero-order valence-electron chi connectivity index (χ0n) is 10.8. The van der Waals surface area contributed by atoms with Gasteiger partial charge in [0.15, 0.2) is 0 Å². The van der Waals surface area contributed by atoms with E-state index in [1.54, 1.807) is 6.07 Å². The Labute approximate surface area is 108 Å². The van der Waals surface area contributed by atoms with Crippen molar-refractivity contribution < 1.29 is 9.50 Å². The molecule has 3 nitrogen and oxygen atoms in total. The average Bonchev–Trinajstić information content (AvgIpc) is 2.80. The van der Waals surface area contributed by atoms with Crippen LogP contribution < -0.4 is 5.32 Å². The van der Waals surface area contributed by atoms with Crippen molar-refractivity contribution in [1.82, 2.24) is 4.90 Å². The number of hydrogen-bond donors (Lipinski definition) is 2. The minimum absolute atomic E-state index is 0.261. The van der Waals surface area contributed by atoms with Crippen molar-refractivity contribution in [1.29, 1.82) is 0 Å². The minimum Gasteiger partial charge on any atom is -0.390 e. The van der Waals surface area contributed by atoms with Gasteiger partial charge in [0.2, 0.25) is 0 Å². The summed E-state index contributed by atoms with van der Waals surface area (Å²) in [6.07, 6.45) is 1.98. The molecular weight excluding hydrogens is 231 g/mol. The number of rotatable bonds is 5. The summed E-state index contributed by atoms with van der Waals surface area (Å²) in [4.78, 5) is 2.25. The quantitative estimate of drug-likeness (QED) is 0.841. The molecule has 0 bridgehead atoms. The van der Waals surface area contributed by atoms with Gasteiger partial charge < -0.3 is 15.3 Å². The summed E-state index contributed by atoms with van der Waals surface area (Å²) in [7, 11) is 0. The smallest absolute Gasteiger partial charge is 0.146 e. The number of halogens is 1. The lowest BCUT2D eigenvalue weighted by molar-refractivity contribution is 0.135. The summed E-state index contributed by atoms with van der Waals surface area (Å²) in [6.45, 7) is 5.04. The second-order valence-corrected chi connectivity index (χ2v) is 5.03. The lowest BCUT2D eigenvalue weighted by Gasteiger charge is -2.20. The number of hydrogen-bond acceptors (Lipinski definition) is 3. The third kappa shape index (κ3) is 3.68. The van der Waals surface area contributed by atoms with Crippen molar-refractivity contribution in [3.8, 4) is 0 Å². The molecule has 18 heavy (non-hydrogen) atoms. The van der Waals surface area contributed by atoms with Gasteiger partial charge in [-0.15, -0.1) is 0 Å². The van der Waals surface area contributed by atoms with Gasteiger partial charge in [-0.3, -0.25) is 0 Å². The van der Waals surface area contributed by atoms with Crippen molar-refractivity contribution in [2.24, 2.45) is 0 Å². The standard InChI is InChI=1S/C14H21FN2O/c1-11-4-5-14(13(15)8-11)16-9-12(18)10-17-6-2-3-7-17/h4-5,8,12,16,18H,2-3,6-7,9-10H2,1H3. The monoisotopic (exact) mass is 252 g/mol. The molecule has 1 atom stereocenters. The SMILES string of the molecule is Cc1ccc(NCC(O)CN2CCCC2)c(F)c1. The normalized spacial score (nSPS) is 17.9. The third-order valence-electron chi connectivity index (χ3n) is 3.32. The Bertz CT molecular complexity index is 391. The molecule has 1 heterocycles. The Morgan fingerprint density at radius 1 is 1.39 bits per heavy atom. The number of β-amino-alcohol motifs (C(OH)–C–C–N with tert-alkyl or cyclic N) is 1. The zero-order chi connectivity index (χ0) is 13.0. The first kappa shape index (κ1) is 13.3. The van der Waals surface area contributed by atoms with Gasteiger partial charge in [-0.05, 0) is 50.6 Å². The lowest BCUT2D eigenvalue weighted by atomic mass is 10.2. The van der Waals surface area contributed by atoms with E-state index in [0.717, 1.165) is 18.7 Å². The molecule has 1 unspecified atom stereocenters. The summed E-state index contributed by atoms with van der Waals surface area (Å²) in [5.41, 5.74) is 1.36. The Morgan fingerprint density at radius 2 is 2.11 bits per heavy atom. The highest BCUT2D eigenvalue weighted by atomic mass is 19.1. The van der Waals surface area contributed by atoms with E-state index in [1.807, 2.05) is 13.0 Å². The molecule has 1 saturated heterocycles. The maximum Gasteiger partial charge on any atom is 0.146 e. The molecule has 0 aromatic heterocycles. The molecule has 1 aliphatic rings. The number of likely N-dealkylation sites (tertiary alicyclic amines) is 1. The zero-order valence-corrected chi connectivity index (χ0v) is 10.8. The summed E-state index contributed by atoms with van der Waals surface area (Å²) in [5, 5.41) is 12.9.